The third kappa shape index (κ3) is 8.67. The maximum Gasteiger partial charge on any atom is 0.416 e. The van der Waals surface area contributed by atoms with E-state index in [0.29, 0.717) is 15.9 Å². The van der Waals surface area contributed by atoms with E-state index in [-0.39, 0.29) is 39.0 Å². The van der Waals surface area contributed by atoms with Crippen LogP contribution in [0.1, 0.15) is 56.6 Å². The van der Waals surface area contributed by atoms with Gasteiger partial charge in [0.1, 0.15) is 12.6 Å². The molecule has 0 bridgehead atoms. The SMILES string of the molecule is CC[C@H](C(=O)NC1CCCCC1)N(Cc1ccc(Cl)c(Cl)c1)C(=O)CN(c1cc(C(F)(F)F)ccc1Cl)S(=O)(=O)c1ccccc1. The van der Waals surface area contributed by atoms with Gasteiger partial charge in [0, 0.05) is 12.6 Å². The molecule has 0 heterocycles. The van der Waals surface area contributed by atoms with Crippen LogP contribution in [0.4, 0.5) is 18.9 Å². The van der Waals surface area contributed by atoms with Gasteiger partial charge in [-0.2, -0.15) is 13.2 Å². The number of hydrogen-bond donors (Lipinski definition) is 1. The number of amides is 2. The van der Waals surface area contributed by atoms with Gasteiger partial charge in [0.2, 0.25) is 11.8 Å². The number of halogens is 6. The lowest BCUT2D eigenvalue weighted by Gasteiger charge is -2.34. The molecule has 14 heteroatoms. The highest BCUT2D eigenvalue weighted by atomic mass is 35.5. The maximum absolute atomic E-state index is 14.3. The van der Waals surface area contributed by atoms with Crippen molar-refractivity contribution in [2.24, 2.45) is 0 Å². The Morgan fingerprint density at radius 2 is 1.57 bits per heavy atom. The Morgan fingerprint density at radius 3 is 2.17 bits per heavy atom. The molecule has 0 unspecified atom stereocenters. The van der Waals surface area contributed by atoms with Crippen LogP contribution >= 0.6 is 34.8 Å². The maximum atomic E-state index is 14.3. The number of rotatable bonds is 11. The molecule has 1 aliphatic rings. The molecule has 1 saturated carbocycles. The lowest BCUT2D eigenvalue weighted by molar-refractivity contribution is -0.140. The fourth-order valence-corrected chi connectivity index (χ4v) is 7.45. The third-order valence-electron chi connectivity index (χ3n) is 7.83. The standard InChI is InChI=1S/C32H33Cl3F3N3O4S/c1-2-28(31(43)39-23-9-5-3-6-10-23)40(19-21-13-15-25(33)27(35)17-21)30(42)20-41(46(44,45)24-11-7-4-8-12-24)29-18-22(32(36,37)38)14-16-26(29)34/h4,7-8,11-18,23,28H,2-3,5-6,9-10,19-20H2,1H3,(H,39,43)/t28-/m1/s1. The zero-order valence-electron chi connectivity index (χ0n) is 24.9. The summed E-state index contributed by atoms with van der Waals surface area (Å²) in [6, 6.07) is 12.8. The predicted molar refractivity (Wildman–Crippen MR) is 174 cm³/mol. The van der Waals surface area contributed by atoms with Gasteiger partial charge < -0.3 is 10.2 Å². The molecular formula is C32H33Cl3F3N3O4S. The molecule has 1 aliphatic carbocycles. The minimum Gasteiger partial charge on any atom is -0.352 e. The number of carbonyl (C=O) groups is 2. The van der Waals surface area contributed by atoms with E-state index in [9.17, 15) is 31.2 Å². The van der Waals surface area contributed by atoms with E-state index in [1.165, 1.54) is 41.3 Å². The number of benzene rings is 3. The van der Waals surface area contributed by atoms with Crippen molar-refractivity contribution >= 4 is 62.3 Å². The average Bonchev–Trinajstić information content (AvgIpc) is 3.02. The van der Waals surface area contributed by atoms with Crippen molar-refractivity contribution in [1.82, 2.24) is 10.2 Å². The van der Waals surface area contributed by atoms with Gasteiger partial charge >= 0.3 is 6.18 Å². The number of anilines is 1. The molecule has 1 fully saturated rings. The van der Waals surface area contributed by atoms with Gasteiger partial charge in [0.15, 0.2) is 0 Å². The molecule has 0 saturated heterocycles. The van der Waals surface area contributed by atoms with E-state index < -0.39 is 51.9 Å². The Labute approximate surface area is 281 Å². The summed E-state index contributed by atoms with van der Waals surface area (Å²) in [4.78, 5) is 28.9. The second-order valence-corrected chi connectivity index (χ2v) is 14.1. The summed E-state index contributed by atoms with van der Waals surface area (Å²) in [6.45, 7) is 0.594. The molecule has 46 heavy (non-hydrogen) atoms. The van der Waals surface area contributed by atoms with Crippen LogP contribution in [-0.4, -0.2) is 43.8 Å². The highest BCUT2D eigenvalue weighted by molar-refractivity contribution is 7.92. The minimum atomic E-state index is -4.82. The average molecular weight is 719 g/mol. The van der Waals surface area contributed by atoms with Crippen molar-refractivity contribution < 1.29 is 31.2 Å². The van der Waals surface area contributed by atoms with Gasteiger partial charge in [-0.05, 0) is 67.3 Å². The Balaban J connectivity index is 1.79. The van der Waals surface area contributed by atoms with Gasteiger partial charge in [-0.25, -0.2) is 8.42 Å². The third-order valence-corrected chi connectivity index (χ3v) is 10.7. The first-order valence-electron chi connectivity index (χ1n) is 14.7. The van der Waals surface area contributed by atoms with Crippen molar-refractivity contribution in [2.45, 2.75) is 75.1 Å². The molecule has 1 N–H and O–H groups in total. The minimum absolute atomic E-state index is 0.0731. The van der Waals surface area contributed by atoms with Gasteiger partial charge in [0.25, 0.3) is 10.0 Å². The lowest BCUT2D eigenvalue weighted by Crippen LogP contribution is -2.54. The Morgan fingerprint density at radius 1 is 0.913 bits per heavy atom. The number of nitrogens with zero attached hydrogens (tertiary/aromatic N) is 2. The molecule has 0 spiro atoms. The Hall–Kier alpha value is -2.99. The molecule has 7 nitrogen and oxygen atoms in total. The van der Waals surface area contributed by atoms with Crippen LogP contribution in [0.5, 0.6) is 0 Å². The summed E-state index contributed by atoms with van der Waals surface area (Å²) in [5.41, 5.74) is -1.19. The number of hydrogen-bond acceptors (Lipinski definition) is 4. The molecule has 2 amide bonds. The van der Waals surface area contributed by atoms with Gasteiger partial charge in [-0.3, -0.25) is 13.9 Å². The summed E-state index contributed by atoms with van der Waals surface area (Å²) < 4.78 is 69.8. The van der Waals surface area contributed by atoms with Crippen LogP contribution in [0.2, 0.25) is 15.1 Å². The predicted octanol–water partition coefficient (Wildman–Crippen LogP) is 8.12. The molecule has 3 aromatic rings. The molecular weight excluding hydrogens is 686 g/mol. The zero-order chi connectivity index (χ0) is 33.6. The number of nitrogens with one attached hydrogen (secondary N) is 1. The summed E-state index contributed by atoms with van der Waals surface area (Å²) in [5, 5.41) is 3.18. The smallest absolute Gasteiger partial charge is 0.352 e. The molecule has 4 rings (SSSR count). The largest absolute Gasteiger partial charge is 0.416 e. The van der Waals surface area contributed by atoms with Crippen LogP contribution in [0.3, 0.4) is 0 Å². The van der Waals surface area contributed by atoms with Gasteiger partial charge in [-0.15, -0.1) is 0 Å². The quantitative estimate of drug-likeness (QED) is 0.217. The molecule has 248 valence electrons. The second kappa shape index (κ2) is 15.3. The van der Waals surface area contributed by atoms with E-state index >= 15 is 0 Å². The van der Waals surface area contributed by atoms with Crippen molar-refractivity contribution in [2.75, 3.05) is 10.8 Å². The van der Waals surface area contributed by atoms with Gasteiger partial charge in [-0.1, -0.05) is 85.3 Å². The molecule has 0 aromatic heterocycles. The van der Waals surface area contributed by atoms with E-state index in [2.05, 4.69) is 5.32 Å². The van der Waals surface area contributed by atoms with Gasteiger partial charge in [0.05, 0.1) is 31.2 Å². The van der Waals surface area contributed by atoms with Crippen molar-refractivity contribution in [3.63, 3.8) is 0 Å². The summed E-state index contributed by atoms with van der Waals surface area (Å²) >= 11 is 18.6. The molecule has 0 radical (unpaired) electrons. The van der Waals surface area contributed by atoms with E-state index in [0.717, 1.165) is 44.2 Å². The van der Waals surface area contributed by atoms with Crippen LogP contribution in [0.25, 0.3) is 0 Å². The first kappa shape index (κ1) is 35.9. The first-order chi connectivity index (χ1) is 21.7. The fraction of sp³-hybridized carbons (Fsp3) is 0.375. The Kier molecular flexibility index (Phi) is 11.9. The lowest BCUT2D eigenvalue weighted by atomic mass is 9.95. The van der Waals surface area contributed by atoms with Crippen LogP contribution < -0.4 is 9.62 Å². The highest BCUT2D eigenvalue weighted by Crippen LogP contribution is 2.37. The molecule has 3 aromatic carbocycles. The first-order valence-corrected chi connectivity index (χ1v) is 17.3. The summed E-state index contributed by atoms with van der Waals surface area (Å²) in [6.07, 6.45) is -0.0951. The number of carbonyl (C=O) groups excluding carboxylic acids is 2. The molecule has 1 atom stereocenters. The number of sulfonamides is 1. The summed E-state index contributed by atoms with van der Waals surface area (Å²) in [7, 11) is -4.63. The zero-order valence-corrected chi connectivity index (χ0v) is 28.0. The van der Waals surface area contributed by atoms with Crippen molar-refractivity contribution in [1.29, 1.82) is 0 Å². The fourth-order valence-electron chi connectivity index (χ4n) is 5.41. The van der Waals surface area contributed by atoms with E-state index in [1.807, 2.05) is 0 Å². The highest BCUT2D eigenvalue weighted by Gasteiger charge is 2.37. The second-order valence-electron chi connectivity index (χ2n) is 11.0. The topological polar surface area (TPSA) is 86.8 Å². The monoisotopic (exact) mass is 717 g/mol. The van der Waals surface area contributed by atoms with E-state index in [1.54, 1.807) is 19.1 Å². The Bertz CT molecular complexity index is 1650. The van der Waals surface area contributed by atoms with Crippen LogP contribution in [-0.2, 0) is 32.3 Å². The van der Waals surface area contributed by atoms with E-state index in [4.69, 9.17) is 34.8 Å². The van der Waals surface area contributed by atoms with Crippen LogP contribution in [0, 0.1) is 0 Å². The molecule has 0 aliphatic heterocycles. The normalized spacial score (nSPS) is 14.8. The van der Waals surface area contributed by atoms with Crippen LogP contribution in [0.15, 0.2) is 71.6 Å². The summed E-state index contributed by atoms with van der Waals surface area (Å²) in [5.74, 6) is -1.26. The number of alkyl halides is 3. The van der Waals surface area contributed by atoms with Crippen molar-refractivity contribution in [3.8, 4) is 0 Å². The van der Waals surface area contributed by atoms with Crippen molar-refractivity contribution in [3.05, 3.63) is 92.9 Å².